The van der Waals surface area contributed by atoms with Gasteiger partial charge in [0.15, 0.2) is 0 Å². The second kappa shape index (κ2) is 8.96. The van der Waals surface area contributed by atoms with Crippen LogP contribution in [0, 0.1) is 11.8 Å². The van der Waals surface area contributed by atoms with Crippen LogP contribution in [0.3, 0.4) is 0 Å². The van der Waals surface area contributed by atoms with E-state index in [1.807, 2.05) is 29.2 Å². The standard InChI is InChI=1S/C24H36N4O2/c1-16(2)17-8-10-18(11-9-17)27-14-12-19(13-15-27)28-21-7-5-4-6-20(21)22(23(28)29)26-24(30)25-3/h4-7,16-19,22H,8-15H2,1-3H3,(H2,25,26,30). The molecule has 6 nitrogen and oxygen atoms in total. The number of para-hydroxylation sites is 1. The van der Waals surface area contributed by atoms with Crippen LogP contribution in [0.1, 0.15) is 64.0 Å². The lowest BCUT2D eigenvalue weighted by atomic mass is 9.79. The smallest absolute Gasteiger partial charge is 0.315 e. The molecule has 1 aromatic carbocycles. The highest BCUT2D eigenvalue weighted by Gasteiger charge is 2.42. The van der Waals surface area contributed by atoms with E-state index in [1.165, 1.54) is 25.7 Å². The van der Waals surface area contributed by atoms with E-state index in [4.69, 9.17) is 0 Å². The number of fused-ring (bicyclic) bond motifs is 1. The van der Waals surface area contributed by atoms with Gasteiger partial charge in [0.2, 0.25) is 0 Å². The number of likely N-dealkylation sites (tertiary alicyclic amines) is 1. The van der Waals surface area contributed by atoms with Crippen molar-refractivity contribution in [1.29, 1.82) is 0 Å². The number of anilines is 1. The lowest BCUT2D eigenvalue weighted by Gasteiger charge is -2.43. The van der Waals surface area contributed by atoms with Gasteiger partial charge in [-0.1, -0.05) is 32.0 Å². The van der Waals surface area contributed by atoms with Crippen molar-refractivity contribution in [3.8, 4) is 0 Å². The van der Waals surface area contributed by atoms with E-state index in [1.54, 1.807) is 7.05 Å². The highest BCUT2D eigenvalue weighted by molar-refractivity contribution is 6.06. The van der Waals surface area contributed by atoms with E-state index < -0.39 is 6.04 Å². The van der Waals surface area contributed by atoms with E-state index >= 15 is 0 Å². The van der Waals surface area contributed by atoms with Gasteiger partial charge in [-0.05, 0) is 56.4 Å². The minimum atomic E-state index is -0.592. The second-order valence-corrected chi connectivity index (χ2v) is 9.50. The van der Waals surface area contributed by atoms with Gasteiger partial charge >= 0.3 is 6.03 Å². The number of hydrogen-bond donors (Lipinski definition) is 2. The third-order valence-electron chi connectivity index (χ3n) is 7.56. The SMILES string of the molecule is CNC(=O)NC1C(=O)N(C2CCN(C3CCC(C(C)C)CC3)CC2)c2ccccc21. The van der Waals surface area contributed by atoms with Crippen LogP contribution in [-0.2, 0) is 4.79 Å². The summed E-state index contributed by atoms with van der Waals surface area (Å²) in [7, 11) is 1.57. The summed E-state index contributed by atoms with van der Waals surface area (Å²) in [5.41, 5.74) is 1.86. The normalized spacial score (nSPS) is 27.9. The Labute approximate surface area is 180 Å². The molecule has 1 unspecified atom stereocenters. The number of urea groups is 1. The molecule has 1 saturated carbocycles. The predicted octanol–water partition coefficient (Wildman–Crippen LogP) is 3.68. The van der Waals surface area contributed by atoms with E-state index in [9.17, 15) is 9.59 Å². The quantitative estimate of drug-likeness (QED) is 0.793. The molecule has 1 aromatic rings. The predicted molar refractivity (Wildman–Crippen MR) is 119 cm³/mol. The zero-order valence-corrected chi connectivity index (χ0v) is 18.6. The first-order chi connectivity index (χ1) is 14.5. The average Bonchev–Trinajstić information content (AvgIpc) is 3.05. The first kappa shape index (κ1) is 21.2. The van der Waals surface area contributed by atoms with Crippen molar-refractivity contribution in [2.24, 2.45) is 11.8 Å². The molecule has 1 aliphatic carbocycles. The van der Waals surface area contributed by atoms with Gasteiger partial charge in [-0.2, -0.15) is 0 Å². The Morgan fingerprint density at radius 1 is 1.00 bits per heavy atom. The highest BCUT2D eigenvalue weighted by atomic mass is 16.2. The zero-order valence-electron chi connectivity index (χ0n) is 18.6. The fourth-order valence-electron chi connectivity index (χ4n) is 5.70. The first-order valence-corrected chi connectivity index (χ1v) is 11.6. The summed E-state index contributed by atoms with van der Waals surface area (Å²) in [6, 6.07) is 7.88. The number of carbonyl (C=O) groups is 2. The van der Waals surface area contributed by atoms with E-state index in [0.29, 0.717) is 6.04 Å². The second-order valence-electron chi connectivity index (χ2n) is 9.50. The Morgan fingerprint density at radius 2 is 1.67 bits per heavy atom. The summed E-state index contributed by atoms with van der Waals surface area (Å²) in [5.74, 6) is 1.69. The van der Waals surface area contributed by atoms with Crippen molar-refractivity contribution < 1.29 is 9.59 Å². The molecule has 2 heterocycles. The molecule has 3 aliphatic rings. The molecule has 2 aliphatic heterocycles. The molecule has 2 N–H and O–H groups in total. The van der Waals surface area contributed by atoms with Gasteiger partial charge in [0.1, 0.15) is 6.04 Å². The maximum absolute atomic E-state index is 13.3. The largest absolute Gasteiger partial charge is 0.341 e. The van der Waals surface area contributed by atoms with Crippen LogP contribution in [-0.4, -0.2) is 49.1 Å². The van der Waals surface area contributed by atoms with Gasteiger partial charge in [-0.15, -0.1) is 0 Å². The van der Waals surface area contributed by atoms with Crippen molar-refractivity contribution in [1.82, 2.24) is 15.5 Å². The number of nitrogens with zero attached hydrogens (tertiary/aromatic N) is 2. The molecule has 4 rings (SSSR count). The Balaban J connectivity index is 1.40. The maximum Gasteiger partial charge on any atom is 0.315 e. The molecule has 1 saturated heterocycles. The molecule has 0 radical (unpaired) electrons. The molecule has 2 fully saturated rings. The molecule has 3 amide bonds. The summed E-state index contributed by atoms with van der Waals surface area (Å²) < 4.78 is 0. The lowest BCUT2D eigenvalue weighted by molar-refractivity contribution is -0.120. The van der Waals surface area contributed by atoms with Gasteiger partial charge in [-0.25, -0.2) is 4.79 Å². The Hall–Kier alpha value is -2.08. The summed E-state index contributed by atoms with van der Waals surface area (Å²) in [6.45, 7) is 6.82. The fraction of sp³-hybridized carbons (Fsp3) is 0.667. The van der Waals surface area contributed by atoms with E-state index in [-0.39, 0.29) is 18.0 Å². The molecule has 6 heteroatoms. The van der Waals surface area contributed by atoms with Gasteiger partial charge < -0.3 is 20.4 Å². The maximum atomic E-state index is 13.3. The summed E-state index contributed by atoms with van der Waals surface area (Å²) in [5, 5.41) is 5.39. The minimum Gasteiger partial charge on any atom is -0.341 e. The third kappa shape index (κ3) is 4.07. The number of piperidine rings is 1. The molecule has 0 aromatic heterocycles. The zero-order chi connectivity index (χ0) is 21.3. The van der Waals surface area contributed by atoms with Crippen LogP contribution in [0.15, 0.2) is 24.3 Å². The molecule has 1 atom stereocenters. The molecule has 30 heavy (non-hydrogen) atoms. The minimum absolute atomic E-state index is 0.00399. The van der Waals surface area contributed by atoms with Gasteiger partial charge in [0, 0.05) is 43.5 Å². The van der Waals surface area contributed by atoms with Crippen molar-refractivity contribution in [3.05, 3.63) is 29.8 Å². The van der Waals surface area contributed by atoms with Crippen LogP contribution < -0.4 is 15.5 Å². The van der Waals surface area contributed by atoms with E-state index in [2.05, 4.69) is 29.4 Å². The molecule has 0 spiro atoms. The molecular weight excluding hydrogens is 376 g/mol. The molecule has 164 valence electrons. The van der Waals surface area contributed by atoms with E-state index in [0.717, 1.165) is 49.0 Å². The summed E-state index contributed by atoms with van der Waals surface area (Å²) in [6.07, 6.45) is 7.34. The number of carbonyl (C=O) groups excluding carboxylic acids is 2. The summed E-state index contributed by atoms with van der Waals surface area (Å²) >= 11 is 0. The molecular formula is C24H36N4O2. The van der Waals surface area contributed by atoms with Crippen molar-refractivity contribution in [3.63, 3.8) is 0 Å². The molecule has 0 bridgehead atoms. The average molecular weight is 413 g/mol. The lowest BCUT2D eigenvalue weighted by Crippen LogP contribution is -2.51. The van der Waals surface area contributed by atoms with Gasteiger partial charge in [-0.3, -0.25) is 4.79 Å². The topological polar surface area (TPSA) is 64.7 Å². The number of hydrogen-bond acceptors (Lipinski definition) is 3. The highest BCUT2D eigenvalue weighted by Crippen LogP contribution is 2.40. The van der Waals surface area contributed by atoms with Crippen LogP contribution >= 0.6 is 0 Å². The van der Waals surface area contributed by atoms with Gasteiger partial charge in [0.25, 0.3) is 5.91 Å². The number of benzene rings is 1. The third-order valence-corrected chi connectivity index (χ3v) is 7.56. The Bertz CT molecular complexity index is 764. The van der Waals surface area contributed by atoms with Gasteiger partial charge in [0.05, 0.1) is 0 Å². The number of nitrogens with one attached hydrogen (secondary N) is 2. The van der Waals surface area contributed by atoms with Crippen LogP contribution in [0.4, 0.5) is 10.5 Å². The van der Waals surface area contributed by atoms with Crippen LogP contribution in [0.2, 0.25) is 0 Å². The summed E-state index contributed by atoms with van der Waals surface area (Å²) in [4.78, 5) is 29.8. The fourth-order valence-corrected chi connectivity index (χ4v) is 5.70. The Morgan fingerprint density at radius 3 is 2.30 bits per heavy atom. The van der Waals surface area contributed by atoms with Crippen LogP contribution in [0.25, 0.3) is 0 Å². The number of rotatable bonds is 4. The van der Waals surface area contributed by atoms with Crippen molar-refractivity contribution in [2.45, 2.75) is 70.5 Å². The number of amides is 3. The van der Waals surface area contributed by atoms with Crippen molar-refractivity contribution >= 4 is 17.6 Å². The Kier molecular flexibility index (Phi) is 6.32. The first-order valence-electron chi connectivity index (χ1n) is 11.6. The van der Waals surface area contributed by atoms with Crippen molar-refractivity contribution in [2.75, 3.05) is 25.0 Å². The monoisotopic (exact) mass is 412 g/mol. The van der Waals surface area contributed by atoms with Crippen LogP contribution in [0.5, 0.6) is 0 Å².